The molecular formula is C13H12O5S. The van der Waals surface area contributed by atoms with Gasteiger partial charge in [0.2, 0.25) is 5.76 Å². The summed E-state index contributed by atoms with van der Waals surface area (Å²) in [5, 5.41) is 8.69. The number of hydrogen-bond acceptors (Lipinski definition) is 4. The fourth-order valence-corrected chi connectivity index (χ4v) is 3.06. The number of benzene rings is 1. The van der Waals surface area contributed by atoms with E-state index >= 15 is 0 Å². The zero-order valence-electron chi connectivity index (χ0n) is 9.94. The van der Waals surface area contributed by atoms with Gasteiger partial charge in [-0.25, -0.2) is 13.2 Å². The average molecular weight is 280 g/mol. The molecule has 19 heavy (non-hydrogen) atoms. The van der Waals surface area contributed by atoms with Gasteiger partial charge in [-0.1, -0.05) is 30.3 Å². The molecule has 1 N–H and O–H groups in total. The highest BCUT2D eigenvalue weighted by molar-refractivity contribution is 7.89. The van der Waals surface area contributed by atoms with Crippen molar-refractivity contribution in [3.8, 4) is 0 Å². The Morgan fingerprint density at radius 2 is 1.74 bits per heavy atom. The summed E-state index contributed by atoms with van der Waals surface area (Å²) in [4.78, 5) is 10.6. The van der Waals surface area contributed by atoms with E-state index < -0.39 is 15.8 Å². The van der Waals surface area contributed by atoms with Crippen molar-refractivity contribution in [3.63, 3.8) is 0 Å². The van der Waals surface area contributed by atoms with Gasteiger partial charge >= 0.3 is 5.97 Å². The molecule has 6 heteroatoms. The maximum Gasteiger partial charge on any atom is 0.371 e. The van der Waals surface area contributed by atoms with Crippen LogP contribution in [0.2, 0.25) is 0 Å². The van der Waals surface area contributed by atoms with Crippen molar-refractivity contribution in [2.24, 2.45) is 0 Å². The third kappa shape index (κ3) is 3.69. The normalized spacial score (nSPS) is 11.4. The number of hydrogen-bond donors (Lipinski definition) is 1. The first-order valence-electron chi connectivity index (χ1n) is 5.53. The zero-order valence-corrected chi connectivity index (χ0v) is 10.8. The second-order valence-corrected chi connectivity index (χ2v) is 6.15. The number of carbonyl (C=O) groups is 1. The SMILES string of the molecule is O=C(O)c1ccc(CS(=O)(=O)Cc2ccccc2)o1. The number of aromatic carboxylic acids is 1. The molecule has 0 bridgehead atoms. The van der Waals surface area contributed by atoms with Gasteiger partial charge in [0.1, 0.15) is 11.5 Å². The predicted molar refractivity (Wildman–Crippen MR) is 68.4 cm³/mol. The zero-order chi connectivity index (χ0) is 13.9. The van der Waals surface area contributed by atoms with Gasteiger partial charge in [-0.15, -0.1) is 0 Å². The van der Waals surface area contributed by atoms with Gasteiger partial charge in [0.05, 0.1) is 5.75 Å². The minimum absolute atomic E-state index is 0.100. The molecule has 0 radical (unpaired) electrons. The Morgan fingerprint density at radius 3 is 2.32 bits per heavy atom. The van der Waals surface area contributed by atoms with Crippen molar-refractivity contribution in [2.45, 2.75) is 11.5 Å². The molecule has 0 amide bonds. The molecule has 0 spiro atoms. The highest BCUT2D eigenvalue weighted by Gasteiger charge is 2.17. The van der Waals surface area contributed by atoms with Crippen LogP contribution in [-0.2, 0) is 21.3 Å². The molecule has 0 aliphatic rings. The minimum Gasteiger partial charge on any atom is -0.475 e. The third-order valence-electron chi connectivity index (χ3n) is 2.46. The fraction of sp³-hybridized carbons (Fsp3) is 0.154. The summed E-state index contributed by atoms with van der Waals surface area (Å²) in [6, 6.07) is 11.4. The Balaban J connectivity index is 2.10. The molecule has 5 nitrogen and oxygen atoms in total. The molecule has 2 rings (SSSR count). The summed E-state index contributed by atoms with van der Waals surface area (Å²) < 4.78 is 28.8. The Labute approximate surface area is 110 Å². The van der Waals surface area contributed by atoms with E-state index in [4.69, 9.17) is 9.52 Å². The van der Waals surface area contributed by atoms with Crippen molar-refractivity contribution in [1.29, 1.82) is 0 Å². The monoisotopic (exact) mass is 280 g/mol. The van der Waals surface area contributed by atoms with E-state index in [1.165, 1.54) is 12.1 Å². The van der Waals surface area contributed by atoms with Crippen molar-refractivity contribution < 1.29 is 22.7 Å². The molecule has 1 aromatic carbocycles. The summed E-state index contributed by atoms with van der Waals surface area (Å²) in [6.45, 7) is 0. The number of furan rings is 1. The van der Waals surface area contributed by atoms with Crippen LogP contribution in [0.1, 0.15) is 21.9 Å². The van der Waals surface area contributed by atoms with Crippen LogP contribution in [-0.4, -0.2) is 19.5 Å². The van der Waals surface area contributed by atoms with E-state index in [1.807, 2.05) is 6.07 Å². The van der Waals surface area contributed by atoms with E-state index in [0.29, 0.717) is 5.56 Å². The van der Waals surface area contributed by atoms with Gasteiger partial charge in [0, 0.05) is 0 Å². The van der Waals surface area contributed by atoms with Gasteiger partial charge in [-0.2, -0.15) is 0 Å². The van der Waals surface area contributed by atoms with Crippen LogP contribution < -0.4 is 0 Å². The number of carboxylic acid groups (broad SMARTS) is 1. The summed E-state index contributed by atoms with van der Waals surface area (Å²) in [5.74, 6) is -1.75. The van der Waals surface area contributed by atoms with Crippen LogP contribution in [0, 0.1) is 0 Å². The van der Waals surface area contributed by atoms with Crippen molar-refractivity contribution in [1.82, 2.24) is 0 Å². The van der Waals surface area contributed by atoms with Crippen molar-refractivity contribution in [3.05, 3.63) is 59.5 Å². The first kappa shape index (κ1) is 13.4. The molecule has 0 unspecified atom stereocenters. The highest BCUT2D eigenvalue weighted by Crippen LogP contribution is 2.15. The van der Waals surface area contributed by atoms with E-state index in [1.54, 1.807) is 24.3 Å². The van der Waals surface area contributed by atoms with E-state index in [9.17, 15) is 13.2 Å². The van der Waals surface area contributed by atoms with E-state index in [2.05, 4.69) is 0 Å². The fourth-order valence-electron chi connectivity index (χ4n) is 1.67. The Hall–Kier alpha value is -2.08. The van der Waals surface area contributed by atoms with Crippen molar-refractivity contribution >= 4 is 15.8 Å². The Bertz CT molecular complexity index is 670. The van der Waals surface area contributed by atoms with Crippen LogP contribution in [0.15, 0.2) is 46.9 Å². The van der Waals surface area contributed by atoms with E-state index in [0.717, 1.165) is 0 Å². The lowest BCUT2D eigenvalue weighted by Gasteiger charge is -2.02. The molecule has 0 saturated heterocycles. The second kappa shape index (κ2) is 5.27. The number of sulfone groups is 1. The lowest BCUT2D eigenvalue weighted by Crippen LogP contribution is -2.07. The molecule has 0 saturated carbocycles. The average Bonchev–Trinajstić information content (AvgIpc) is 2.77. The summed E-state index contributed by atoms with van der Waals surface area (Å²) in [6.07, 6.45) is 0. The topological polar surface area (TPSA) is 84.6 Å². The number of rotatable bonds is 5. The second-order valence-electron chi connectivity index (χ2n) is 4.09. The lowest BCUT2D eigenvalue weighted by molar-refractivity contribution is 0.0660. The van der Waals surface area contributed by atoms with E-state index in [-0.39, 0.29) is 23.0 Å². The van der Waals surface area contributed by atoms with Crippen LogP contribution in [0.4, 0.5) is 0 Å². The molecular weight excluding hydrogens is 268 g/mol. The van der Waals surface area contributed by atoms with Gasteiger partial charge in [0.25, 0.3) is 0 Å². The van der Waals surface area contributed by atoms with Crippen LogP contribution in [0.3, 0.4) is 0 Å². The molecule has 2 aromatic rings. The van der Waals surface area contributed by atoms with Gasteiger partial charge in [0.15, 0.2) is 9.84 Å². The lowest BCUT2D eigenvalue weighted by atomic mass is 10.2. The van der Waals surface area contributed by atoms with Crippen LogP contribution in [0.25, 0.3) is 0 Å². The molecule has 0 aliphatic heterocycles. The Kier molecular flexibility index (Phi) is 3.71. The highest BCUT2D eigenvalue weighted by atomic mass is 32.2. The number of carboxylic acids is 1. The van der Waals surface area contributed by atoms with Gasteiger partial charge in [-0.3, -0.25) is 0 Å². The largest absolute Gasteiger partial charge is 0.475 e. The summed E-state index contributed by atoms with van der Waals surface area (Å²) in [5.41, 5.74) is 0.688. The molecule has 0 fully saturated rings. The quantitative estimate of drug-likeness (QED) is 0.906. The first-order valence-corrected chi connectivity index (χ1v) is 7.35. The molecule has 100 valence electrons. The summed E-state index contributed by atoms with van der Waals surface area (Å²) >= 11 is 0. The maximum atomic E-state index is 11.9. The standard InChI is InChI=1S/C13H12O5S/c14-13(15)12-7-6-11(18-12)9-19(16,17)8-10-4-2-1-3-5-10/h1-7H,8-9H2,(H,14,15). The summed E-state index contributed by atoms with van der Waals surface area (Å²) in [7, 11) is -3.39. The minimum atomic E-state index is -3.39. The predicted octanol–water partition coefficient (Wildman–Crippen LogP) is 2.09. The first-order chi connectivity index (χ1) is 8.96. The van der Waals surface area contributed by atoms with Crippen molar-refractivity contribution in [2.75, 3.05) is 0 Å². The third-order valence-corrected chi connectivity index (χ3v) is 3.96. The van der Waals surface area contributed by atoms with Crippen LogP contribution >= 0.6 is 0 Å². The smallest absolute Gasteiger partial charge is 0.371 e. The van der Waals surface area contributed by atoms with Gasteiger partial charge < -0.3 is 9.52 Å². The molecule has 1 heterocycles. The molecule has 0 aliphatic carbocycles. The molecule has 1 aromatic heterocycles. The van der Waals surface area contributed by atoms with Crippen LogP contribution in [0.5, 0.6) is 0 Å². The molecule has 0 atom stereocenters. The maximum absolute atomic E-state index is 11.9. The Morgan fingerprint density at radius 1 is 1.05 bits per heavy atom. The van der Waals surface area contributed by atoms with Gasteiger partial charge in [-0.05, 0) is 17.7 Å².